The molecule has 2 amide bonds. The van der Waals surface area contributed by atoms with Crippen molar-refractivity contribution in [1.29, 1.82) is 0 Å². The molecule has 3 aromatic rings. The maximum atomic E-state index is 12.8. The number of hydrogen-bond donors (Lipinski definition) is 2. The van der Waals surface area contributed by atoms with Gasteiger partial charge in [0.05, 0.1) is 21.5 Å². The van der Waals surface area contributed by atoms with Gasteiger partial charge < -0.3 is 0 Å². The summed E-state index contributed by atoms with van der Waals surface area (Å²) < 4.78 is 1.73. The van der Waals surface area contributed by atoms with E-state index in [1.165, 1.54) is 18.2 Å². The van der Waals surface area contributed by atoms with Gasteiger partial charge in [-0.15, -0.1) is 0 Å². The normalized spacial score (nSPS) is 13.4. The second kappa shape index (κ2) is 8.45. The van der Waals surface area contributed by atoms with Crippen molar-refractivity contribution in [1.82, 2.24) is 20.4 Å². The monoisotopic (exact) mass is 444 g/mol. The van der Waals surface area contributed by atoms with Gasteiger partial charge in [0, 0.05) is 23.6 Å². The first-order valence-electron chi connectivity index (χ1n) is 9.53. The molecule has 30 heavy (non-hydrogen) atoms. The third-order valence-electron chi connectivity index (χ3n) is 5.04. The smallest absolute Gasteiger partial charge is 0.271 e. The van der Waals surface area contributed by atoms with Crippen LogP contribution < -0.4 is 16.4 Å². The largest absolute Gasteiger partial charge is 0.296 e. The number of halogens is 2. The Kier molecular flexibility index (Phi) is 5.74. The minimum atomic E-state index is -0.599. The lowest BCUT2D eigenvalue weighted by Gasteiger charge is -2.11. The van der Waals surface area contributed by atoms with Gasteiger partial charge in [-0.3, -0.25) is 29.8 Å². The highest BCUT2D eigenvalue weighted by Gasteiger charge is 2.16. The molecule has 0 saturated heterocycles. The van der Waals surface area contributed by atoms with E-state index in [0.29, 0.717) is 22.5 Å². The van der Waals surface area contributed by atoms with Crippen LogP contribution in [0.25, 0.3) is 10.9 Å². The Bertz CT molecular complexity index is 1220. The van der Waals surface area contributed by atoms with Crippen molar-refractivity contribution in [2.24, 2.45) is 0 Å². The molecule has 0 bridgehead atoms. The molecule has 0 radical (unpaired) electrons. The number of nitrogens with one attached hydrogen (secondary N) is 2. The molecule has 0 atom stereocenters. The van der Waals surface area contributed by atoms with Gasteiger partial charge in [0.1, 0.15) is 5.82 Å². The van der Waals surface area contributed by atoms with Crippen LogP contribution in [0.2, 0.25) is 10.0 Å². The number of rotatable bonds is 2. The maximum absolute atomic E-state index is 12.8. The van der Waals surface area contributed by atoms with Crippen molar-refractivity contribution in [2.45, 2.75) is 32.2 Å². The van der Waals surface area contributed by atoms with Crippen molar-refractivity contribution in [3.63, 3.8) is 0 Å². The first-order valence-corrected chi connectivity index (χ1v) is 10.3. The van der Waals surface area contributed by atoms with Crippen LogP contribution in [0.4, 0.5) is 0 Å². The lowest BCUT2D eigenvalue weighted by Crippen LogP contribution is -2.41. The van der Waals surface area contributed by atoms with E-state index >= 15 is 0 Å². The average molecular weight is 445 g/mol. The Hall–Kier alpha value is -2.90. The average Bonchev–Trinajstić information content (AvgIpc) is 2.99. The van der Waals surface area contributed by atoms with Gasteiger partial charge >= 0.3 is 0 Å². The fourth-order valence-electron chi connectivity index (χ4n) is 3.48. The summed E-state index contributed by atoms with van der Waals surface area (Å²) in [5.41, 5.74) is 5.44. The van der Waals surface area contributed by atoms with Crippen LogP contribution >= 0.6 is 23.2 Å². The third kappa shape index (κ3) is 4.04. The van der Waals surface area contributed by atoms with Gasteiger partial charge in [0.25, 0.3) is 17.4 Å². The van der Waals surface area contributed by atoms with Crippen molar-refractivity contribution in [3.8, 4) is 0 Å². The highest BCUT2D eigenvalue weighted by Crippen LogP contribution is 2.20. The summed E-state index contributed by atoms with van der Waals surface area (Å²) >= 11 is 11.9. The lowest BCUT2D eigenvalue weighted by atomic mass is 10.1. The summed E-state index contributed by atoms with van der Waals surface area (Å²) in [5, 5.41) is 1.02. The zero-order valence-electron chi connectivity index (χ0n) is 15.9. The van der Waals surface area contributed by atoms with E-state index in [-0.39, 0.29) is 21.7 Å². The first kappa shape index (κ1) is 20.4. The van der Waals surface area contributed by atoms with Gasteiger partial charge in [0.2, 0.25) is 0 Å². The van der Waals surface area contributed by atoms with Gasteiger partial charge in [-0.05, 0) is 49.2 Å². The van der Waals surface area contributed by atoms with E-state index in [2.05, 4.69) is 15.8 Å². The number of hydrogen-bond acceptors (Lipinski definition) is 4. The lowest BCUT2D eigenvalue weighted by molar-refractivity contribution is 0.0847. The van der Waals surface area contributed by atoms with Crippen LogP contribution in [0.3, 0.4) is 0 Å². The van der Waals surface area contributed by atoms with Gasteiger partial charge in [-0.25, -0.2) is 4.98 Å². The highest BCUT2D eigenvalue weighted by molar-refractivity contribution is 6.35. The van der Waals surface area contributed by atoms with E-state index in [1.54, 1.807) is 22.8 Å². The molecule has 1 aliphatic heterocycles. The van der Waals surface area contributed by atoms with Gasteiger partial charge in [-0.1, -0.05) is 29.6 Å². The van der Waals surface area contributed by atoms with E-state index in [0.717, 1.165) is 31.5 Å². The number of carbonyl (C=O) groups is 2. The zero-order chi connectivity index (χ0) is 21.3. The highest BCUT2D eigenvalue weighted by atomic mass is 35.5. The standard InChI is InChI=1S/C21H18Cl2N4O3/c22-13-6-8-16(23)15(11-13)20(29)26-25-19(28)12-5-7-14-17(10-12)24-18-4-2-1-3-9-27(18)21(14)30/h5-8,10-11H,1-4,9H2,(H,25,28)(H,26,29). The first-order chi connectivity index (χ1) is 14.4. The summed E-state index contributed by atoms with van der Waals surface area (Å²) in [5.74, 6) is -0.398. The quantitative estimate of drug-likeness (QED) is 0.591. The molecule has 0 unspecified atom stereocenters. The number of nitrogens with zero attached hydrogens (tertiary/aromatic N) is 2. The Labute approximate surface area is 182 Å². The molecule has 2 aromatic carbocycles. The summed E-state index contributed by atoms with van der Waals surface area (Å²) in [6, 6.07) is 9.14. The molecule has 2 N–H and O–H groups in total. The second-order valence-electron chi connectivity index (χ2n) is 7.06. The van der Waals surface area contributed by atoms with Crippen molar-refractivity contribution < 1.29 is 9.59 Å². The molecular weight excluding hydrogens is 427 g/mol. The van der Waals surface area contributed by atoms with E-state index in [1.807, 2.05) is 0 Å². The molecule has 9 heteroatoms. The fourth-order valence-corrected chi connectivity index (χ4v) is 3.86. The van der Waals surface area contributed by atoms with Crippen LogP contribution in [0.15, 0.2) is 41.2 Å². The van der Waals surface area contributed by atoms with Gasteiger partial charge in [-0.2, -0.15) is 0 Å². The molecule has 2 heterocycles. The van der Waals surface area contributed by atoms with Crippen LogP contribution in [0, 0.1) is 0 Å². The zero-order valence-corrected chi connectivity index (χ0v) is 17.4. The number of aryl methyl sites for hydroxylation is 1. The van der Waals surface area contributed by atoms with Crippen LogP contribution in [-0.2, 0) is 13.0 Å². The van der Waals surface area contributed by atoms with E-state index in [9.17, 15) is 14.4 Å². The predicted octanol–water partition coefficient (Wildman–Crippen LogP) is 3.50. The third-order valence-corrected chi connectivity index (χ3v) is 5.61. The summed E-state index contributed by atoms with van der Waals surface area (Å²) in [6.07, 6.45) is 3.73. The number of aromatic nitrogens is 2. The molecule has 7 nitrogen and oxygen atoms in total. The second-order valence-corrected chi connectivity index (χ2v) is 7.90. The number of amides is 2. The number of hydrazine groups is 1. The number of benzene rings is 2. The Morgan fingerprint density at radius 2 is 1.77 bits per heavy atom. The summed E-state index contributed by atoms with van der Waals surface area (Å²) in [7, 11) is 0. The minimum absolute atomic E-state index is 0.0900. The van der Waals surface area contributed by atoms with Gasteiger partial charge in [0.15, 0.2) is 0 Å². The molecule has 4 rings (SSSR count). The Balaban J connectivity index is 1.55. The molecule has 0 saturated carbocycles. The number of carbonyl (C=O) groups excluding carboxylic acids is 2. The topological polar surface area (TPSA) is 93.1 Å². The SMILES string of the molecule is O=C(NNC(=O)c1cc(Cl)ccc1Cl)c1ccc2c(=O)n3c(nc2c1)CCCCC3. The van der Waals surface area contributed by atoms with Crippen LogP contribution in [-0.4, -0.2) is 21.4 Å². The molecule has 0 fully saturated rings. The Morgan fingerprint density at radius 1 is 0.967 bits per heavy atom. The Morgan fingerprint density at radius 3 is 2.60 bits per heavy atom. The van der Waals surface area contributed by atoms with Crippen LogP contribution in [0.5, 0.6) is 0 Å². The molecule has 0 spiro atoms. The summed E-state index contributed by atoms with van der Waals surface area (Å²) in [4.78, 5) is 42.2. The number of fused-ring (bicyclic) bond motifs is 2. The fraction of sp³-hybridized carbons (Fsp3) is 0.238. The molecular formula is C21H18Cl2N4O3. The van der Waals surface area contributed by atoms with Crippen molar-refractivity contribution in [3.05, 3.63) is 73.7 Å². The maximum Gasteiger partial charge on any atom is 0.271 e. The van der Waals surface area contributed by atoms with Crippen LogP contribution in [0.1, 0.15) is 45.8 Å². The van der Waals surface area contributed by atoms with E-state index < -0.39 is 11.8 Å². The minimum Gasteiger partial charge on any atom is -0.296 e. The summed E-state index contributed by atoms with van der Waals surface area (Å²) in [6.45, 7) is 0.664. The predicted molar refractivity (Wildman–Crippen MR) is 115 cm³/mol. The molecule has 1 aliphatic rings. The molecule has 0 aliphatic carbocycles. The van der Waals surface area contributed by atoms with E-state index in [4.69, 9.17) is 23.2 Å². The van der Waals surface area contributed by atoms with Crippen molar-refractivity contribution in [2.75, 3.05) is 0 Å². The molecule has 154 valence electrons. The van der Waals surface area contributed by atoms with Crippen molar-refractivity contribution >= 4 is 45.9 Å². The molecule has 1 aromatic heterocycles.